The first-order valence-corrected chi connectivity index (χ1v) is 13.7. The molecule has 0 spiro atoms. The van der Waals surface area contributed by atoms with Crippen LogP contribution in [0, 0.1) is 11.8 Å². The highest BCUT2D eigenvalue weighted by Gasteiger charge is 2.36. The lowest BCUT2D eigenvalue weighted by molar-refractivity contribution is -0.127. The predicted molar refractivity (Wildman–Crippen MR) is 155 cm³/mol. The smallest absolute Gasteiger partial charge is 0.240 e. The van der Waals surface area contributed by atoms with Crippen LogP contribution in [0.1, 0.15) is 31.2 Å². The third kappa shape index (κ3) is 6.41. The van der Waals surface area contributed by atoms with Gasteiger partial charge >= 0.3 is 0 Å². The lowest BCUT2D eigenvalue weighted by atomic mass is 9.81. The molecule has 1 aliphatic rings. The van der Waals surface area contributed by atoms with Gasteiger partial charge in [-0.1, -0.05) is 24.3 Å². The normalized spacial score (nSPS) is 17.5. The number of amides is 2. The summed E-state index contributed by atoms with van der Waals surface area (Å²) in [5.74, 6) is 0.529. The molecule has 212 valence electrons. The van der Waals surface area contributed by atoms with E-state index >= 15 is 0 Å². The molecule has 2 heterocycles. The van der Waals surface area contributed by atoms with Crippen LogP contribution in [-0.4, -0.2) is 57.1 Å². The minimum absolute atomic E-state index is 0.0995. The van der Waals surface area contributed by atoms with Crippen LogP contribution in [0.15, 0.2) is 66.9 Å². The topological polar surface area (TPSA) is 166 Å². The van der Waals surface area contributed by atoms with E-state index in [1.54, 1.807) is 36.4 Å². The van der Waals surface area contributed by atoms with Crippen LogP contribution < -0.4 is 21.1 Å². The molecule has 1 fully saturated rings. The highest BCUT2D eigenvalue weighted by Crippen LogP contribution is 2.33. The number of H-pyrrole nitrogens is 1. The van der Waals surface area contributed by atoms with Gasteiger partial charge in [0, 0.05) is 41.4 Å². The highest BCUT2D eigenvalue weighted by molar-refractivity contribution is 6.01. The molecule has 4 aromatic rings. The Hall–Kier alpha value is -4.64. The number of tetrazole rings is 1. The molecule has 0 unspecified atom stereocenters. The molecule has 1 atom stereocenters. The Morgan fingerprint density at radius 2 is 1.66 bits per heavy atom. The van der Waals surface area contributed by atoms with Crippen LogP contribution in [0.4, 0.5) is 5.69 Å². The number of rotatable bonds is 10. The Balaban J connectivity index is 1.42. The van der Waals surface area contributed by atoms with Crippen LogP contribution in [0.2, 0.25) is 0 Å². The summed E-state index contributed by atoms with van der Waals surface area (Å²) in [6.45, 7) is 0.620. The van der Waals surface area contributed by atoms with Gasteiger partial charge in [-0.15, -0.1) is 10.2 Å². The van der Waals surface area contributed by atoms with Gasteiger partial charge in [0.2, 0.25) is 23.5 Å². The van der Waals surface area contributed by atoms with Crippen LogP contribution >= 0.6 is 0 Å². The van der Waals surface area contributed by atoms with E-state index in [0.29, 0.717) is 29.9 Å². The average Bonchev–Trinajstić information content (AvgIpc) is 3.57. The number of nitrogens with one attached hydrogen (secondary N) is 1. The number of aromatic amines is 1. The van der Waals surface area contributed by atoms with E-state index in [1.165, 1.54) is 0 Å². The molecule has 11 heteroatoms. The van der Waals surface area contributed by atoms with E-state index in [2.05, 4.69) is 25.6 Å². The maximum atomic E-state index is 14.1. The largest absolute Gasteiger partial charge is 0.481 e. The fourth-order valence-electron chi connectivity index (χ4n) is 5.41. The molecule has 0 saturated heterocycles. The second kappa shape index (κ2) is 12.7. The zero-order valence-electron chi connectivity index (χ0n) is 22.9. The first-order valence-electron chi connectivity index (χ1n) is 13.7. The molecule has 2 amide bonds. The summed E-state index contributed by atoms with van der Waals surface area (Å²) in [6.07, 6.45) is 5.26. The second-order valence-corrected chi connectivity index (χ2v) is 10.4. The molecular formula is C30H34N8O3. The third-order valence-electron chi connectivity index (χ3n) is 7.82. The van der Waals surface area contributed by atoms with Gasteiger partial charge in [0.25, 0.3) is 0 Å². The maximum absolute atomic E-state index is 14.1. The Bertz CT molecular complexity index is 1430. The summed E-state index contributed by atoms with van der Waals surface area (Å²) < 4.78 is 5.15. The van der Waals surface area contributed by atoms with Crippen LogP contribution in [-0.2, 0) is 16.0 Å². The number of nitrogens with two attached hydrogens (primary N) is 2. The predicted octanol–water partition coefficient (Wildman–Crippen LogP) is 3.13. The number of hydrogen-bond donors (Lipinski definition) is 3. The summed E-state index contributed by atoms with van der Waals surface area (Å²) in [6, 6.07) is 17.9. The molecule has 1 aliphatic carbocycles. The number of carbonyl (C=O) groups is 2. The SMILES string of the molecule is COc1ccc(-c2ccc(C[C@@H](C(N)=O)N(c3ccc(-c4nn[nH]n4)cc3)C(=O)[C@H]3CC[C@H](CN)CC3)cc2)cn1. The fraction of sp³-hybridized carbons (Fsp3) is 0.333. The molecule has 5 N–H and O–H groups in total. The summed E-state index contributed by atoms with van der Waals surface area (Å²) >= 11 is 0. The zero-order valence-corrected chi connectivity index (χ0v) is 22.9. The number of nitrogens with zero attached hydrogens (tertiary/aromatic N) is 5. The Morgan fingerprint density at radius 1 is 0.976 bits per heavy atom. The molecule has 0 aliphatic heterocycles. The zero-order chi connectivity index (χ0) is 28.8. The van der Waals surface area contributed by atoms with Crippen molar-refractivity contribution < 1.29 is 14.3 Å². The van der Waals surface area contributed by atoms with Crippen LogP contribution in [0.25, 0.3) is 22.5 Å². The van der Waals surface area contributed by atoms with Crippen molar-refractivity contribution >= 4 is 17.5 Å². The van der Waals surface area contributed by atoms with Gasteiger partial charge in [0.1, 0.15) is 6.04 Å². The number of aromatic nitrogens is 5. The van der Waals surface area contributed by atoms with Crippen molar-refractivity contribution in [3.8, 4) is 28.4 Å². The van der Waals surface area contributed by atoms with Crippen molar-refractivity contribution in [1.29, 1.82) is 0 Å². The van der Waals surface area contributed by atoms with Crippen molar-refractivity contribution in [3.05, 3.63) is 72.4 Å². The molecule has 2 aromatic heterocycles. The van der Waals surface area contributed by atoms with E-state index in [1.807, 2.05) is 42.5 Å². The molecule has 1 saturated carbocycles. The van der Waals surface area contributed by atoms with Crippen LogP contribution in [0.5, 0.6) is 5.88 Å². The summed E-state index contributed by atoms with van der Waals surface area (Å²) in [5, 5.41) is 14.1. The quantitative estimate of drug-likeness (QED) is 0.269. The standard InChI is InChI=1S/C30H34N8O3/c1-41-27-15-12-24(18-33-27)21-6-2-19(3-7-21)16-26(28(32)39)38(30(40)23-8-4-20(17-31)5-9-23)25-13-10-22(11-14-25)29-34-36-37-35-29/h2-3,6-7,10-15,18,20,23,26H,4-5,8-9,16-17,31H2,1H3,(H2,32,39)(H,34,35,36,37)/t20-,23-,26-/m0/s1. The Kier molecular flexibility index (Phi) is 8.64. The van der Waals surface area contributed by atoms with Gasteiger partial charge in [-0.3, -0.25) is 14.5 Å². The van der Waals surface area contributed by atoms with E-state index in [0.717, 1.165) is 47.9 Å². The van der Waals surface area contributed by atoms with Crippen molar-refractivity contribution in [2.24, 2.45) is 23.3 Å². The van der Waals surface area contributed by atoms with E-state index in [9.17, 15) is 9.59 Å². The number of carbonyl (C=O) groups excluding carboxylic acids is 2. The van der Waals surface area contributed by atoms with Crippen LogP contribution in [0.3, 0.4) is 0 Å². The Morgan fingerprint density at radius 3 is 2.22 bits per heavy atom. The second-order valence-electron chi connectivity index (χ2n) is 10.4. The average molecular weight is 555 g/mol. The van der Waals surface area contributed by atoms with E-state index < -0.39 is 11.9 Å². The third-order valence-corrected chi connectivity index (χ3v) is 7.82. The molecule has 5 rings (SSSR count). The fourth-order valence-corrected chi connectivity index (χ4v) is 5.41. The lowest BCUT2D eigenvalue weighted by Crippen LogP contribution is -2.52. The van der Waals surface area contributed by atoms with Crippen molar-refractivity contribution in [2.45, 2.75) is 38.1 Å². The minimum atomic E-state index is -0.876. The Labute approximate surface area is 238 Å². The van der Waals surface area contributed by atoms with Gasteiger partial charge < -0.3 is 16.2 Å². The first kappa shape index (κ1) is 27.9. The molecule has 2 aromatic carbocycles. The molecule has 0 bridgehead atoms. The highest BCUT2D eigenvalue weighted by atomic mass is 16.5. The number of ether oxygens (including phenoxy) is 1. The van der Waals surface area contributed by atoms with Gasteiger partial charge in [0.05, 0.1) is 7.11 Å². The maximum Gasteiger partial charge on any atom is 0.240 e. The molecule has 41 heavy (non-hydrogen) atoms. The van der Waals surface area contributed by atoms with Gasteiger partial charge in [-0.05, 0) is 84.8 Å². The van der Waals surface area contributed by atoms with E-state index in [-0.39, 0.29) is 18.2 Å². The summed E-state index contributed by atoms with van der Waals surface area (Å²) in [5.41, 5.74) is 16.0. The molecule has 11 nitrogen and oxygen atoms in total. The number of methoxy groups -OCH3 is 1. The minimum Gasteiger partial charge on any atom is -0.481 e. The first-order chi connectivity index (χ1) is 20.0. The number of anilines is 1. The van der Waals surface area contributed by atoms with Gasteiger partial charge in [-0.25, -0.2) is 4.98 Å². The summed E-state index contributed by atoms with van der Waals surface area (Å²) in [7, 11) is 1.58. The van der Waals surface area contributed by atoms with Gasteiger partial charge in [-0.2, -0.15) is 5.21 Å². The number of benzene rings is 2. The van der Waals surface area contributed by atoms with Crippen molar-refractivity contribution in [2.75, 3.05) is 18.6 Å². The number of hydrogen-bond acceptors (Lipinski definition) is 8. The molecule has 0 radical (unpaired) electrons. The van der Waals surface area contributed by atoms with Gasteiger partial charge in [0.15, 0.2) is 0 Å². The van der Waals surface area contributed by atoms with E-state index in [4.69, 9.17) is 16.2 Å². The number of pyridine rings is 1. The summed E-state index contributed by atoms with van der Waals surface area (Å²) in [4.78, 5) is 32.9. The van der Waals surface area contributed by atoms with Crippen molar-refractivity contribution in [3.63, 3.8) is 0 Å². The monoisotopic (exact) mass is 554 g/mol. The molecular weight excluding hydrogens is 520 g/mol. The van der Waals surface area contributed by atoms with Crippen molar-refractivity contribution in [1.82, 2.24) is 25.6 Å². The number of primary amides is 1. The lowest BCUT2D eigenvalue weighted by Gasteiger charge is -2.35.